The summed E-state index contributed by atoms with van der Waals surface area (Å²) < 4.78 is 26.1. The standard InChI is InChI=1S/C23H32FNO4/c1-21(2)18(26)7-8-22(3,29-21)19-14-23(15-28-19)9-11-25(12-10-23)20(27)16-5-4-6-17(24)13-16/h4-6,13,18-19,26H,7-12,14-15H2,1-3H3/t18-,19+,22+/m0/s1. The van der Waals surface area contributed by atoms with Crippen molar-refractivity contribution in [3.63, 3.8) is 0 Å². The van der Waals surface area contributed by atoms with Crippen LogP contribution in [-0.2, 0) is 9.47 Å². The Morgan fingerprint density at radius 3 is 2.59 bits per heavy atom. The molecule has 1 spiro atoms. The first-order chi connectivity index (χ1) is 13.6. The van der Waals surface area contributed by atoms with E-state index in [-0.39, 0.29) is 23.2 Å². The van der Waals surface area contributed by atoms with Gasteiger partial charge in [-0.15, -0.1) is 0 Å². The summed E-state index contributed by atoms with van der Waals surface area (Å²) in [7, 11) is 0. The van der Waals surface area contributed by atoms with E-state index in [2.05, 4.69) is 6.92 Å². The van der Waals surface area contributed by atoms with Crippen molar-refractivity contribution in [2.75, 3.05) is 19.7 Å². The lowest BCUT2D eigenvalue weighted by Gasteiger charge is -2.48. The SMILES string of the molecule is CC1(C)O[C@@](C)([C@H]2CC3(CCN(C(=O)c4cccc(F)c4)CC3)CO2)CC[C@@H]1O. The van der Waals surface area contributed by atoms with Crippen molar-refractivity contribution in [1.82, 2.24) is 4.90 Å². The number of rotatable bonds is 2. The maximum absolute atomic E-state index is 13.5. The summed E-state index contributed by atoms with van der Waals surface area (Å²) in [5.41, 5.74) is -0.505. The van der Waals surface area contributed by atoms with Crippen molar-refractivity contribution < 1.29 is 23.8 Å². The fourth-order valence-corrected chi connectivity index (χ4v) is 5.23. The first-order valence-corrected chi connectivity index (χ1v) is 10.7. The zero-order chi connectivity index (χ0) is 20.9. The number of aliphatic hydroxyl groups excluding tert-OH is 1. The van der Waals surface area contributed by atoms with E-state index in [9.17, 15) is 14.3 Å². The molecule has 160 valence electrons. The molecule has 1 aromatic rings. The molecule has 1 amide bonds. The van der Waals surface area contributed by atoms with Crippen LogP contribution in [-0.4, -0.2) is 59.0 Å². The lowest BCUT2D eigenvalue weighted by Crippen LogP contribution is -2.56. The van der Waals surface area contributed by atoms with E-state index in [4.69, 9.17) is 9.47 Å². The molecular formula is C23H32FNO4. The smallest absolute Gasteiger partial charge is 0.253 e. The van der Waals surface area contributed by atoms with Crippen LogP contribution in [0.25, 0.3) is 0 Å². The van der Waals surface area contributed by atoms with Gasteiger partial charge in [-0.25, -0.2) is 4.39 Å². The van der Waals surface area contributed by atoms with Crippen molar-refractivity contribution in [3.05, 3.63) is 35.6 Å². The number of amides is 1. The summed E-state index contributed by atoms with van der Waals surface area (Å²) in [6.45, 7) is 7.99. The minimum atomic E-state index is -0.577. The van der Waals surface area contributed by atoms with Crippen LogP contribution in [0.4, 0.5) is 4.39 Å². The first-order valence-electron chi connectivity index (χ1n) is 10.7. The topological polar surface area (TPSA) is 59.0 Å². The summed E-state index contributed by atoms with van der Waals surface area (Å²) in [6, 6.07) is 5.90. The van der Waals surface area contributed by atoms with Gasteiger partial charge in [0.1, 0.15) is 5.82 Å². The Hall–Kier alpha value is -1.50. The van der Waals surface area contributed by atoms with Crippen LogP contribution in [0.5, 0.6) is 0 Å². The summed E-state index contributed by atoms with van der Waals surface area (Å²) in [5.74, 6) is -0.488. The molecule has 0 unspecified atom stereocenters. The lowest BCUT2D eigenvalue weighted by atomic mass is 9.73. The summed E-state index contributed by atoms with van der Waals surface area (Å²) in [5, 5.41) is 10.2. The number of ether oxygens (including phenoxy) is 2. The number of likely N-dealkylation sites (tertiary alicyclic amines) is 1. The van der Waals surface area contributed by atoms with E-state index in [1.54, 1.807) is 12.1 Å². The van der Waals surface area contributed by atoms with Crippen LogP contribution in [0.1, 0.15) is 63.2 Å². The number of carbonyl (C=O) groups excluding carboxylic acids is 1. The molecule has 5 nitrogen and oxygen atoms in total. The Morgan fingerprint density at radius 1 is 1.21 bits per heavy atom. The molecule has 3 atom stereocenters. The predicted molar refractivity (Wildman–Crippen MR) is 107 cm³/mol. The van der Waals surface area contributed by atoms with Gasteiger partial charge in [-0.05, 0) is 76.5 Å². The summed E-state index contributed by atoms with van der Waals surface area (Å²) in [4.78, 5) is 14.5. The van der Waals surface area contributed by atoms with Crippen LogP contribution >= 0.6 is 0 Å². The van der Waals surface area contributed by atoms with Gasteiger partial charge in [-0.3, -0.25) is 4.79 Å². The molecule has 29 heavy (non-hydrogen) atoms. The molecule has 3 aliphatic heterocycles. The zero-order valence-corrected chi connectivity index (χ0v) is 17.6. The van der Waals surface area contributed by atoms with E-state index in [1.807, 2.05) is 18.7 Å². The Morgan fingerprint density at radius 2 is 1.93 bits per heavy atom. The molecule has 6 heteroatoms. The number of benzene rings is 1. The molecule has 0 saturated carbocycles. The molecule has 3 fully saturated rings. The molecule has 0 bridgehead atoms. The third-order valence-corrected chi connectivity index (χ3v) is 7.29. The Kier molecular flexibility index (Phi) is 5.24. The largest absolute Gasteiger partial charge is 0.390 e. The van der Waals surface area contributed by atoms with Gasteiger partial charge in [0.2, 0.25) is 0 Å². The number of hydrogen-bond donors (Lipinski definition) is 1. The maximum Gasteiger partial charge on any atom is 0.253 e. The predicted octanol–water partition coefficient (Wildman–Crippen LogP) is 3.55. The highest BCUT2D eigenvalue weighted by Crippen LogP contribution is 2.49. The highest BCUT2D eigenvalue weighted by molar-refractivity contribution is 5.94. The van der Waals surface area contributed by atoms with Gasteiger partial charge in [0, 0.05) is 18.7 Å². The molecule has 4 rings (SSSR count). The molecule has 0 radical (unpaired) electrons. The average Bonchev–Trinajstić information content (AvgIpc) is 3.09. The minimum Gasteiger partial charge on any atom is -0.390 e. The van der Waals surface area contributed by atoms with Gasteiger partial charge >= 0.3 is 0 Å². The van der Waals surface area contributed by atoms with Crippen molar-refractivity contribution >= 4 is 5.91 Å². The van der Waals surface area contributed by atoms with E-state index in [1.165, 1.54) is 12.1 Å². The van der Waals surface area contributed by atoms with E-state index >= 15 is 0 Å². The highest BCUT2D eigenvalue weighted by Gasteiger charge is 2.53. The Labute approximate surface area is 172 Å². The van der Waals surface area contributed by atoms with Crippen LogP contribution in [0.15, 0.2) is 24.3 Å². The number of carbonyl (C=O) groups is 1. The number of hydrogen-bond acceptors (Lipinski definition) is 4. The normalized spacial score (nSPS) is 33.8. The van der Waals surface area contributed by atoms with Gasteiger partial charge < -0.3 is 19.5 Å². The second-order valence-corrected chi connectivity index (χ2v) is 9.88. The molecule has 3 heterocycles. The third-order valence-electron chi connectivity index (χ3n) is 7.29. The molecular weight excluding hydrogens is 373 g/mol. The second-order valence-electron chi connectivity index (χ2n) is 9.88. The monoisotopic (exact) mass is 405 g/mol. The fourth-order valence-electron chi connectivity index (χ4n) is 5.23. The third kappa shape index (κ3) is 3.94. The number of nitrogens with zero attached hydrogens (tertiary/aromatic N) is 1. The number of aliphatic hydroxyl groups is 1. The van der Waals surface area contributed by atoms with Gasteiger partial charge in [0.25, 0.3) is 5.91 Å². The van der Waals surface area contributed by atoms with E-state index in [0.29, 0.717) is 31.7 Å². The summed E-state index contributed by atoms with van der Waals surface area (Å²) in [6.07, 6.45) is 3.72. The molecule has 1 aromatic carbocycles. The Balaban J connectivity index is 1.38. The molecule has 3 saturated heterocycles. The first kappa shape index (κ1) is 20.8. The van der Waals surface area contributed by atoms with Gasteiger partial charge in [-0.2, -0.15) is 0 Å². The molecule has 0 aromatic heterocycles. The maximum atomic E-state index is 13.5. The molecule has 1 N–H and O–H groups in total. The highest BCUT2D eigenvalue weighted by atomic mass is 19.1. The van der Waals surface area contributed by atoms with E-state index < -0.39 is 17.3 Å². The minimum absolute atomic E-state index is 0.000235. The van der Waals surface area contributed by atoms with Gasteiger partial charge in [0.05, 0.1) is 30.0 Å². The molecule has 0 aliphatic carbocycles. The second kappa shape index (κ2) is 7.33. The van der Waals surface area contributed by atoms with E-state index in [0.717, 1.165) is 25.7 Å². The van der Waals surface area contributed by atoms with Crippen molar-refractivity contribution in [2.24, 2.45) is 5.41 Å². The zero-order valence-electron chi connectivity index (χ0n) is 17.6. The number of piperidine rings is 1. The fraction of sp³-hybridized carbons (Fsp3) is 0.696. The van der Waals surface area contributed by atoms with Gasteiger partial charge in [0.15, 0.2) is 0 Å². The quantitative estimate of drug-likeness (QED) is 0.818. The Bertz CT molecular complexity index is 774. The lowest BCUT2D eigenvalue weighted by molar-refractivity contribution is -0.245. The average molecular weight is 406 g/mol. The van der Waals surface area contributed by atoms with Crippen molar-refractivity contribution in [3.8, 4) is 0 Å². The van der Waals surface area contributed by atoms with Crippen LogP contribution < -0.4 is 0 Å². The number of halogens is 1. The molecule has 3 aliphatic rings. The van der Waals surface area contributed by atoms with Gasteiger partial charge in [-0.1, -0.05) is 6.07 Å². The van der Waals surface area contributed by atoms with Crippen molar-refractivity contribution in [2.45, 2.75) is 76.3 Å². The van der Waals surface area contributed by atoms with Crippen molar-refractivity contribution in [1.29, 1.82) is 0 Å². The van der Waals surface area contributed by atoms with Crippen LogP contribution in [0, 0.1) is 11.2 Å². The summed E-state index contributed by atoms with van der Waals surface area (Å²) >= 11 is 0. The van der Waals surface area contributed by atoms with Crippen LogP contribution in [0.2, 0.25) is 0 Å². The van der Waals surface area contributed by atoms with Crippen LogP contribution in [0.3, 0.4) is 0 Å².